The van der Waals surface area contributed by atoms with Crippen molar-refractivity contribution in [3.05, 3.63) is 35.6 Å². The lowest BCUT2D eigenvalue weighted by atomic mass is 10.1. The van der Waals surface area contributed by atoms with Crippen LogP contribution < -0.4 is 0 Å². The number of carboxylic acid groups (broad SMARTS) is 1. The monoisotopic (exact) mass is 267 g/mol. The van der Waals surface area contributed by atoms with Gasteiger partial charge in [-0.25, -0.2) is 9.18 Å². The first kappa shape index (κ1) is 13.5. The van der Waals surface area contributed by atoms with Gasteiger partial charge in [-0.1, -0.05) is 0 Å². The number of amides is 1. The maximum atomic E-state index is 12.8. The molecule has 2 rings (SSSR count). The molecule has 1 saturated heterocycles. The lowest BCUT2D eigenvalue weighted by Crippen LogP contribution is -2.51. The number of benzene rings is 1. The van der Waals surface area contributed by atoms with Crippen molar-refractivity contribution in [2.45, 2.75) is 19.1 Å². The first-order valence-electron chi connectivity index (χ1n) is 5.90. The van der Waals surface area contributed by atoms with E-state index in [1.165, 1.54) is 29.2 Å². The molecule has 1 aliphatic heterocycles. The molecule has 1 heterocycles. The van der Waals surface area contributed by atoms with E-state index >= 15 is 0 Å². The third kappa shape index (κ3) is 3.08. The summed E-state index contributed by atoms with van der Waals surface area (Å²) in [6.07, 6.45) is -1.37. The van der Waals surface area contributed by atoms with Gasteiger partial charge in [-0.2, -0.15) is 0 Å². The molecule has 2 atom stereocenters. The second-order valence-electron chi connectivity index (χ2n) is 4.49. The summed E-state index contributed by atoms with van der Waals surface area (Å²) in [6.45, 7) is 2.02. The van der Waals surface area contributed by atoms with Crippen molar-refractivity contribution in [1.82, 2.24) is 4.90 Å². The fourth-order valence-electron chi connectivity index (χ4n) is 2.03. The van der Waals surface area contributed by atoms with Crippen LogP contribution in [-0.2, 0) is 9.53 Å². The Morgan fingerprint density at radius 2 is 1.95 bits per heavy atom. The Kier molecular flexibility index (Phi) is 3.80. The molecule has 102 valence electrons. The van der Waals surface area contributed by atoms with Gasteiger partial charge in [-0.05, 0) is 31.2 Å². The van der Waals surface area contributed by atoms with E-state index in [0.29, 0.717) is 12.1 Å². The highest BCUT2D eigenvalue weighted by Crippen LogP contribution is 2.15. The van der Waals surface area contributed by atoms with E-state index in [9.17, 15) is 14.0 Å². The van der Waals surface area contributed by atoms with Crippen LogP contribution in [0.15, 0.2) is 24.3 Å². The van der Waals surface area contributed by atoms with Gasteiger partial charge in [0.2, 0.25) is 0 Å². The molecule has 1 N–H and O–H groups in total. The number of morpholine rings is 1. The van der Waals surface area contributed by atoms with Gasteiger partial charge in [0.05, 0.1) is 12.6 Å². The molecule has 0 radical (unpaired) electrons. The topological polar surface area (TPSA) is 66.8 Å². The highest BCUT2D eigenvalue weighted by molar-refractivity contribution is 5.94. The van der Waals surface area contributed by atoms with Crippen LogP contribution in [-0.4, -0.2) is 47.2 Å². The summed E-state index contributed by atoms with van der Waals surface area (Å²) in [5.41, 5.74) is 0.333. The van der Waals surface area contributed by atoms with Crippen LogP contribution in [0.1, 0.15) is 17.3 Å². The zero-order chi connectivity index (χ0) is 14.0. The number of aliphatic carboxylic acids is 1. The minimum atomic E-state index is -1.09. The Hall–Kier alpha value is -1.95. The SMILES string of the molecule is C[C@@H]1CN(C(=O)c2ccc(F)cc2)CC(C(=O)O)O1. The number of carboxylic acids is 1. The summed E-state index contributed by atoms with van der Waals surface area (Å²) in [5.74, 6) is -1.83. The molecule has 0 aromatic heterocycles. The molecule has 1 aromatic carbocycles. The number of hydrogen-bond donors (Lipinski definition) is 1. The van der Waals surface area contributed by atoms with Gasteiger partial charge in [-0.15, -0.1) is 0 Å². The lowest BCUT2D eigenvalue weighted by molar-refractivity contribution is -0.160. The summed E-state index contributed by atoms with van der Waals surface area (Å²) < 4.78 is 18.0. The fraction of sp³-hybridized carbons (Fsp3) is 0.385. The standard InChI is InChI=1S/C13H14FNO4/c1-8-6-15(7-11(19-8)13(17)18)12(16)9-2-4-10(14)5-3-9/h2-5,8,11H,6-7H2,1H3,(H,17,18)/t8-,11?/m1/s1. The maximum absolute atomic E-state index is 12.8. The van der Waals surface area contributed by atoms with Crippen LogP contribution in [0.3, 0.4) is 0 Å². The Bertz CT molecular complexity index is 488. The number of ether oxygens (including phenoxy) is 1. The first-order valence-corrected chi connectivity index (χ1v) is 5.90. The highest BCUT2D eigenvalue weighted by atomic mass is 19.1. The number of carbonyl (C=O) groups excluding carboxylic acids is 1. The molecule has 19 heavy (non-hydrogen) atoms. The van der Waals surface area contributed by atoms with Crippen LogP contribution in [0.2, 0.25) is 0 Å². The smallest absolute Gasteiger partial charge is 0.334 e. The molecule has 1 aromatic rings. The van der Waals surface area contributed by atoms with Gasteiger partial charge in [0.25, 0.3) is 5.91 Å². The zero-order valence-corrected chi connectivity index (χ0v) is 10.4. The molecular formula is C13H14FNO4. The first-order chi connectivity index (χ1) is 8.97. The largest absolute Gasteiger partial charge is 0.479 e. The average molecular weight is 267 g/mol. The van der Waals surface area contributed by atoms with Gasteiger partial charge < -0.3 is 14.7 Å². The van der Waals surface area contributed by atoms with Crippen LogP contribution >= 0.6 is 0 Å². The van der Waals surface area contributed by atoms with Crippen LogP contribution in [0.25, 0.3) is 0 Å². The van der Waals surface area contributed by atoms with Crippen molar-refractivity contribution < 1.29 is 23.8 Å². The van der Waals surface area contributed by atoms with Gasteiger partial charge in [-0.3, -0.25) is 4.79 Å². The second kappa shape index (κ2) is 5.36. The lowest BCUT2D eigenvalue weighted by Gasteiger charge is -2.34. The number of nitrogens with zero attached hydrogens (tertiary/aromatic N) is 1. The minimum Gasteiger partial charge on any atom is -0.479 e. The van der Waals surface area contributed by atoms with E-state index in [-0.39, 0.29) is 18.6 Å². The molecule has 0 bridgehead atoms. The third-order valence-electron chi connectivity index (χ3n) is 2.91. The van der Waals surface area contributed by atoms with Crippen LogP contribution in [0.5, 0.6) is 0 Å². The summed E-state index contributed by atoms with van der Waals surface area (Å²) in [6, 6.07) is 5.17. The average Bonchev–Trinajstić information content (AvgIpc) is 2.38. The normalized spacial score (nSPS) is 23.2. The van der Waals surface area contributed by atoms with Crippen molar-refractivity contribution in [1.29, 1.82) is 0 Å². The Morgan fingerprint density at radius 3 is 2.53 bits per heavy atom. The number of rotatable bonds is 2. The van der Waals surface area contributed by atoms with E-state index in [4.69, 9.17) is 9.84 Å². The Labute approximate surface area is 109 Å². The van der Waals surface area contributed by atoms with Crippen LogP contribution in [0, 0.1) is 5.82 Å². The van der Waals surface area contributed by atoms with Gasteiger partial charge >= 0.3 is 5.97 Å². The summed E-state index contributed by atoms with van der Waals surface area (Å²) in [4.78, 5) is 24.5. The van der Waals surface area contributed by atoms with E-state index in [2.05, 4.69) is 0 Å². The molecule has 0 aliphatic carbocycles. The molecule has 1 unspecified atom stereocenters. The minimum absolute atomic E-state index is 0.00408. The van der Waals surface area contributed by atoms with Crippen molar-refractivity contribution in [3.8, 4) is 0 Å². The fourth-order valence-corrected chi connectivity index (χ4v) is 2.03. The van der Waals surface area contributed by atoms with E-state index in [1.807, 2.05) is 0 Å². The third-order valence-corrected chi connectivity index (χ3v) is 2.91. The van der Waals surface area contributed by atoms with Crippen molar-refractivity contribution in [2.75, 3.05) is 13.1 Å². The molecular weight excluding hydrogens is 253 g/mol. The maximum Gasteiger partial charge on any atom is 0.334 e. The Balaban J connectivity index is 2.14. The molecule has 5 nitrogen and oxygen atoms in total. The molecule has 0 saturated carbocycles. The van der Waals surface area contributed by atoms with E-state index < -0.39 is 17.9 Å². The quantitative estimate of drug-likeness (QED) is 0.872. The highest BCUT2D eigenvalue weighted by Gasteiger charge is 2.32. The van der Waals surface area contributed by atoms with Gasteiger partial charge in [0.15, 0.2) is 6.10 Å². The predicted molar refractivity (Wildman–Crippen MR) is 64.3 cm³/mol. The number of hydrogen-bond acceptors (Lipinski definition) is 3. The summed E-state index contributed by atoms with van der Waals surface area (Å²) in [7, 11) is 0. The van der Waals surface area contributed by atoms with Gasteiger partial charge in [0, 0.05) is 12.1 Å². The molecule has 6 heteroatoms. The van der Waals surface area contributed by atoms with Crippen molar-refractivity contribution in [2.24, 2.45) is 0 Å². The van der Waals surface area contributed by atoms with Gasteiger partial charge in [0.1, 0.15) is 5.82 Å². The zero-order valence-electron chi connectivity index (χ0n) is 10.4. The molecule has 1 fully saturated rings. The van der Waals surface area contributed by atoms with Crippen molar-refractivity contribution >= 4 is 11.9 Å². The Morgan fingerprint density at radius 1 is 1.32 bits per heavy atom. The van der Waals surface area contributed by atoms with Crippen molar-refractivity contribution in [3.63, 3.8) is 0 Å². The number of carbonyl (C=O) groups is 2. The second-order valence-corrected chi connectivity index (χ2v) is 4.49. The molecule has 1 aliphatic rings. The predicted octanol–water partition coefficient (Wildman–Crippen LogP) is 1.14. The van der Waals surface area contributed by atoms with E-state index in [0.717, 1.165) is 0 Å². The number of halogens is 1. The van der Waals surface area contributed by atoms with Crippen LogP contribution in [0.4, 0.5) is 4.39 Å². The molecule has 0 spiro atoms. The summed E-state index contributed by atoms with van der Waals surface area (Å²) >= 11 is 0. The molecule has 1 amide bonds. The van der Waals surface area contributed by atoms with E-state index in [1.54, 1.807) is 6.92 Å². The summed E-state index contributed by atoms with van der Waals surface area (Å²) in [5, 5.41) is 8.95.